The monoisotopic (exact) mass is 176 g/mol. The van der Waals surface area contributed by atoms with Crippen molar-refractivity contribution in [3.05, 3.63) is 40.9 Å². The molecule has 4 heteroatoms. The predicted molar refractivity (Wildman–Crippen MR) is 48.5 cm³/mol. The van der Waals surface area contributed by atoms with Crippen molar-refractivity contribution in [1.82, 2.24) is 9.97 Å². The minimum absolute atomic E-state index is 0.210. The molecule has 3 N–H and O–H groups in total. The Morgan fingerprint density at radius 3 is 2.38 bits per heavy atom. The van der Waals surface area contributed by atoms with Crippen molar-refractivity contribution in [2.45, 2.75) is 0 Å². The van der Waals surface area contributed by atoms with Gasteiger partial charge in [0.1, 0.15) is 5.75 Å². The molecule has 66 valence electrons. The number of aromatic nitrogens is 2. The highest BCUT2D eigenvalue weighted by Crippen LogP contribution is 2.17. The van der Waals surface area contributed by atoms with E-state index >= 15 is 0 Å². The third-order valence-electron chi connectivity index (χ3n) is 1.77. The summed E-state index contributed by atoms with van der Waals surface area (Å²) in [5.74, 6) is 0.210. The van der Waals surface area contributed by atoms with Crippen LogP contribution in [0.1, 0.15) is 0 Å². The van der Waals surface area contributed by atoms with E-state index in [0.29, 0.717) is 5.69 Å². The molecule has 0 amide bonds. The van der Waals surface area contributed by atoms with Crippen LogP contribution < -0.4 is 5.69 Å². The quantitative estimate of drug-likeness (QED) is 0.608. The Hall–Kier alpha value is -1.97. The van der Waals surface area contributed by atoms with Crippen LogP contribution in [0.15, 0.2) is 35.3 Å². The fraction of sp³-hybridized carbons (Fsp3) is 0. The molecule has 2 aromatic rings. The molecular formula is C9H8N2O2. The van der Waals surface area contributed by atoms with Gasteiger partial charge in [-0.15, -0.1) is 0 Å². The van der Waals surface area contributed by atoms with Crippen molar-refractivity contribution in [3.63, 3.8) is 0 Å². The zero-order valence-corrected chi connectivity index (χ0v) is 6.74. The van der Waals surface area contributed by atoms with Crippen LogP contribution in [0.4, 0.5) is 0 Å². The molecular weight excluding hydrogens is 168 g/mol. The Balaban J connectivity index is 2.47. The van der Waals surface area contributed by atoms with Crippen LogP contribution in [0.3, 0.4) is 0 Å². The maximum absolute atomic E-state index is 10.8. The number of hydrogen-bond donors (Lipinski definition) is 3. The van der Waals surface area contributed by atoms with Gasteiger partial charge in [-0.25, -0.2) is 4.79 Å². The lowest BCUT2D eigenvalue weighted by Gasteiger charge is -1.95. The summed E-state index contributed by atoms with van der Waals surface area (Å²) in [6, 6.07) is 6.60. The minimum Gasteiger partial charge on any atom is -0.508 e. The van der Waals surface area contributed by atoms with Gasteiger partial charge in [-0.1, -0.05) is 0 Å². The molecule has 4 nitrogen and oxygen atoms in total. The molecule has 0 fully saturated rings. The van der Waals surface area contributed by atoms with Gasteiger partial charge in [-0.2, -0.15) is 0 Å². The summed E-state index contributed by atoms with van der Waals surface area (Å²) in [5, 5.41) is 9.03. The first-order chi connectivity index (χ1) is 6.25. The smallest absolute Gasteiger partial charge is 0.323 e. The lowest BCUT2D eigenvalue weighted by atomic mass is 10.2. The zero-order chi connectivity index (χ0) is 9.26. The van der Waals surface area contributed by atoms with Crippen molar-refractivity contribution >= 4 is 0 Å². The molecule has 2 rings (SSSR count). The second kappa shape index (κ2) is 2.82. The topological polar surface area (TPSA) is 68.9 Å². The summed E-state index contributed by atoms with van der Waals surface area (Å²) in [7, 11) is 0. The van der Waals surface area contributed by atoms with E-state index in [1.54, 1.807) is 30.5 Å². The highest BCUT2D eigenvalue weighted by atomic mass is 16.3. The largest absolute Gasteiger partial charge is 0.508 e. The van der Waals surface area contributed by atoms with Crippen LogP contribution in [-0.2, 0) is 0 Å². The molecule has 1 aromatic heterocycles. The Bertz CT molecular complexity index is 453. The van der Waals surface area contributed by atoms with E-state index < -0.39 is 0 Å². The lowest BCUT2D eigenvalue weighted by Crippen LogP contribution is -1.99. The SMILES string of the molecule is O=c1[nH]cc(-c2ccc(O)cc2)[nH]1. The van der Waals surface area contributed by atoms with Gasteiger partial charge in [0, 0.05) is 6.20 Å². The van der Waals surface area contributed by atoms with Crippen molar-refractivity contribution < 1.29 is 5.11 Å². The number of aromatic hydroxyl groups is 1. The van der Waals surface area contributed by atoms with Gasteiger partial charge >= 0.3 is 5.69 Å². The number of H-pyrrole nitrogens is 2. The van der Waals surface area contributed by atoms with E-state index in [2.05, 4.69) is 9.97 Å². The molecule has 0 unspecified atom stereocenters. The molecule has 0 spiro atoms. The Morgan fingerprint density at radius 1 is 1.15 bits per heavy atom. The summed E-state index contributed by atoms with van der Waals surface area (Å²) in [6.45, 7) is 0. The fourth-order valence-electron chi connectivity index (χ4n) is 1.13. The molecule has 0 aliphatic rings. The molecule has 0 saturated carbocycles. The first kappa shape index (κ1) is 7.67. The summed E-state index contributed by atoms with van der Waals surface area (Å²) >= 11 is 0. The van der Waals surface area contributed by atoms with Crippen molar-refractivity contribution in [3.8, 4) is 17.0 Å². The highest BCUT2D eigenvalue weighted by Gasteiger charge is 1.98. The van der Waals surface area contributed by atoms with E-state index in [1.165, 1.54) is 0 Å². The second-order valence-electron chi connectivity index (χ2n) is 2.70. The van der Waals surface area contributed by atoms with Crippen LogP contribution in [-0.4, -0.2) is 15.1 Å². The Labute approximate surface area is 73.9 Å². The van der Waals surface area contributed by atoms with Gasteiger partial charge < -0.3 is 15.1 Å². The Kier molecular flexibility index (Phi) is 1.66. The van der Waals surface area contributed by atoms with Crippen molar-refractivity contribution in [1.29, 1.82) is 0 Å². The van der Waals surface area contributed by atoms with E-state index in [4.69, 9.17) is 5.11 Å². The third kappa shape index (κ3) is 1.46. The lowest BCUT2D eigenvalue weighted by molar-refractivity contribution is 0.475. The van der Waals surface area contributed by atoms with E-state index in [1.807, 2.05) is 0 Å². The average molecular weight is 176 g/mol. The summed E-state index contributed by atoms with van der Waals surface area (Å²) in [4.78, 5) is 15.9. The number of aromatic amines is 2. The van der Waals surface area contributed by atoms with Gasteiger partial charge in [0.15, 0.2) is 0 Å². The van der Waals surface area contributed by atoms with E-state index in [-0.39, 0.29) is 11.4 Å². The number of nitrogens with one attached hydrogen (secondary N) is 2. The number of rotatable bonds is 1. The molecule has 0 saturated heterocycles. The molecule has 1 aromatic carbocycles. The van der Waals surface area contributed by atoms with Crippen LogP contribution >= 0.6 is 0 Å². The average Bonchev–Trinajstić information content (AvgIpc) is 2.53. The molecule has 0 radical (unpaired) electrons. The van der Waals surface area contributed by atoms with Gasteiger partial charge in [-0.3, -0.25) is 0 Å². The number of imidazole rings is 1. The number of phenolic OH excluding ortho intramolecular Hbond substituents is 1. The highest BCUT2D eigenvalue weighted by molar-refractivity contribution is 5.58. The molecule has 0 atom stereocenters. The van der Waals surface area contributed by atoms with Crippen LogP contribution in [0.5, 0.6) is 5.75 Å². The normalized spacial score (nSPS) is 10.2. The molecule has 0 aliphatic heterocycles. The summed E-state index contributed by atoms with van der Waals surface area (Å²) in [6.07, 6.45) is 1.59. The third-order valence-corrected chi connectivity index (χ3v) is 1.77. The second-order valence-corrected chi connectivity index (χ2v) is 2.70. The van der Waals surface area contributed by atoms with Crippen LogP contribution in [0.2, 0.25) is 0 Å². The van der Waals surface area contributed by atoms with Crippen LogP contribution in [0, 0.1) is 0 Å². The van der Waals surface area contributed by atoms with E-state index in [9.17, 15) is 4.79 Å². The maximum Gasteiger partial charge on any atom is 0.323 e. The first-order valence-corrected chi connectivity index (χ1v) is 3.83. The van der Waals surface area contributed by atoms with Crippen molar-refractivity contribution in [2.75, 3.05) is 0 Å². The maximum atomic E-state index is 10.8. The van der Waals surface area contributed by atoms with Crippen molar-refractivity contribution in [2.24, 2.45) is 0 Å². The minimum atomic E-state index is -0.233. The molecule has 0 bridgehead atoms. The number of benzene rings is 1. The van der Waals surface area contributed by atoms with Gasteiger partial charge in [-0.05, 0) is 29.8 Å². The first-order valence-electron chi connectivity index (χ1n) is 3.83. The van der Waals surface area contributed by atoms with E-state index in [0.717, 1.165) is 5.56 Å². The molecule has 1 heterocycles. The number of hydrogen-bond acceptors (Lipinski definition) is 2. The van der Waals surface area contributed by atoms with Crippen LogP contribution in [0.25, 0.3) is 11.3 Å². The molecule has 0 aliphatic carbocycles. The summed E-state index contributed by atoms with van der Waals surface area (Å²) < 4.78 is 0. The number of phenols is 1. The van der Waals surface area contributed by atoms with Gasteiger partial charge in [0.25, 0.3) is 0 Å². The fourth-order valence-corrected chi connectivity index (χ4v) is 1.13. The Morgan fingerprint density at radius 2 is 1.85 bits per heavy atom. The predicted octanol–water partition coefficient (Wildman–Crippen LogP) is 1.08. The summed E-state index contributed by atoms with van der Waals surface area (Å²) in [5.41, 5.74) is 1.34. The standard InChI is InChI=1S/C9H8N2O2/c12-7-3-1-6(2-4-7)8-5-10-9(13)11-8/h1-5,12H,(H2,10,11,13). The molecule has 13 heavy (non-hydrogen) atoms. The zero-order valence-electron chi connectivity index (χ0n) is 6.74. The van der Waals surface area contributed by atoms with Gasteiger partial charge in [0.05, 0.1) is 5.69 Å². The van der Waals surface area contributed by atoms with Gasteiger partial charge in [0.2, 0.25) is 0 Å².